The molecule has 0 bridgehead atoms. The average Bonchev–Trinajstić information content (AvgIpc) is 2.85. The maximum absolute atomic E-state index is 12.2. The van der Waals surface area contributed by atoms with Crippen molar-refractivity contribution < 1.29 is 19.4 Å². The smallest absolute Gasteiger partial charge is 0.224 e. The number of hydrogen-bond acceptors (Lipinski definition) is 4. The number of carboxylic acids is 1. The van der Waals surface area contributed by atoms with Gasteiger partial charge in [0.1, 0.15) is 5.75 Å². The highest BCUT2D eigenvalue weighted by Gasteiger charge is 2.36. The number of carbonyl (C=O) groups excluding carboxylic acids is 2. The Kier molecular flexibility index (Phi) is 4.83. The quantitative estimate of drug-likeness (QED) is 0.865. The summed E-state index contributed by atoms with van der Waals surface area (Å²) in [6, 6.07) is 7.10. The van der Waals surface area contributed by atoms with Gasteiger partial charge in [0.25, 0.3) is 0 Å². The van der Waals surface area contributed by atoms with Crippen molar-refractivity contribution in [2.75, 3.05) is 12.4 Å². The fourth-order valence-electron chi connectivity index (χ4n) is 3.09. The molecular weight excluding hydrogens is 270 g/mol. The van der Waals surface area contributed by atoms with Gasteiger partial charge in [0.15, 0.2) is 0 Å². The number of ether oxygens (including phenoxy) is 1. The van der Waals surface area contributed by atoms with Crippen molar-refractivity contribution in [2.45, 2.75) is 38.5 Å². The summed E-state index contributed by atoms with van der Waals surface area (Å²) in [6.07, 6.45) is 3.66. The van der Waals surface area contributed by atoms with Crippen LogP contribution in [0.4, 0.5) is 5.69 Å². The molecule has 1 aromatic rings. The monoisotopic (exact) mass is 290 g/mol. The Bertz CT molecular complexity index is 521. The molecule has 0 radical (unpaired) electrons. The van der Waals surface area contributed by atoms with E-state index in [1.54, 1.807) is 31.4 Å². The maximum Gasteiger partial charge on any atom is 0.224 e. The van der Waals surface area contributed by atoms with Crippen LogP contribution in [0, 0.1) is 5.41 Å². The molecule has 5 heteroatoms. The van der Waals surface area contributed by atoms with Gasteiger partial charge in [-0.2, -0.15) is 0 Å². The van der Waals surface area contributed by atoms with Gasteiger partial charge in [0.05, 0.1) is 7.11 Å². The van der Waals surface area contributed by atoms with Crippen LogP contribution < -0.4 is 15.2 Å². The molecule has 21 heavy (non-hydrogen) atoms. The van der Waals surface area contributed by atoms with Gasteiger partial charge in [-0.3, -0.25) is 4.79 Å². The second kappa shape index (κ2) is 6.61. The van der Waals surface area contributed by atoms with Gasteiger partial charge in [0.2, 0.25) is 5.91 Å². The number of amides is 1. The van der Waals surface area contributed by atoms with Crippen LogP contribution in [-0.2, 0) is 9.59 Å². The van der Waals surface area contributed by atoms with Crippen molar-refractivity contribution in [3.63, 3.8) is 0 Å². The molecule has 0 saturated heterocycles. The summed E-state index contributed by atoms with van der Waals surface area (Å²) in [7, 11) is 1.56. The second-order valence-corrected chi connectivity index (χ2v) is 5.71. The van der Waals surface area contributed by atoms with E-state index in [1.165, 1.54) is 0 Å². The normalized spacial score (nSPS) is 16.4. The van der Waals surface area contributed by atoms with Gasteiger partial charge in [-0.1, -0.05) is 18.9 Å². The fraction of sp³-hybridized carbons (Fsp3) is 0.500. The Morgan fingerprint density at radius 1 is 1.29 bits per heavy atom. The minimum atomic E-state index is -1.08. The van der Waals surface area contributed by atoms with Crippen molar-refractivity contribution in [3.8, 4) is 5.75 Å². The first-order chi connectivity index (χ1) is 10.0. The molecule has 1 aliphatic carbocycles. The predicted octanol–water partition coefficient (Wildman–Crippen LogP) is 1.72. The van der Waals surface area contributed by atoms with Crippen molar-refractivity contribution in [1.29, 1.82) is 0 Å². The average molecular weight is 290 g/mol. The van der Waals surface area contributed by atoms with Crippen LogP contribution in [0.1, 0.15) is 38.5 Å². The Balaban J connectivity index is 2.00. The first-order valence-electron chi connectivity index (χ1n) is 7.17. The van der Waals surface area contributed by atoms with Crippen LogP contribution in [0.5, 0.6) is 5.75 Å². The maximum atomic E-state index is 12.2. The standard InChI is InChI=1S/C16H21NO4/c1-21-13-6-4-5-12(9-13)17-14(18)10-16(11-15(19)20)7-2-3-8-16/h4-6,9H,2-3,7-8,10-11H2,1H3,(H,17,18)(H,19,20)/p-1. The van der Waals surface area contributed by atoms with E-state index in [2.05, 4.69) is 5.32 Å². The van der Waals surface area contributed by atoms with Crippen LogP contribution in [0.15, 0.2) is 24.3 Å². The molecule has 0 aliphatic heterocycles. The van der Waals surface area contributed by atoms with E-state index in [9.17, 15) is 14.7 Å². The number of benzene rings is 1. The minimum Gasteiger partial charge on any atom is -0.550 e. The molecule has 1 N–H and O–H groups in total. The number of carboxylic acid groups (broad SMARTS) is 1. The summed E-state index contributed by atoms with van der Waals surface area (Å²) < 4.78 is 5.11. The highest BCUT2D eigenvalue weighted by Crippen LogP contribution is 2.44. The SMILES string of the molecule is COc1cccc(NC(=O)CC2(CC(=O)[O-])CCCC2)c1. The Morgan fingerprint density at radius 2 is 2.00 bits per heavy atom. The number of carbonyl (C=O) groups is 2. The zero-order valence-electron chi connectivity index (χ0n) is 12.2. The highest BCUT2D eigenvalue weighted by atomic mass is 16.5. The third-order valence-corrected chi connectivity index (χ3v) is 4.07. The van der Waals surface area contributed by atoms with Crippen LogP contribution in [0.2, 0.25) is 0 Å². The minimum absolute atomic E-state index is 0.0431. The van der Waals surface area contributed by atoms with Gasteiger partial charge < -0.3 is 20.0 Å². The summed E-state index contributed by atoms with van der Waals surface area (Å²) in [5, 5.41) is 13.7. The molecule has 0 atom stereocenters. The molecule has 1 aliphatic rings. The lowest BCUT2D eigenvalue weighted by Gasteiger charge is -2.28. The third-order valence-electron chi connectivity index (χ3n) is 4.07. The lowest BCUT2D eigenvalue weighted by molar-refractivity contribution is -0.308. The van der Waals surface area contributed by atoms with Crippen LogP contribution >= 0.6 is 0 Å². The van der Waals surface area contributed by atoms with Crippen molar-refractivity contribution in [1.82, 2.24) is 0 Å². The lowest BCUT2D eigenvalue weighted by Crippen LogP contribution is -2.33. The van der Waals surface area contributed by atoms with Crippen molar-refractivity contribution >= 4 is 17.6 Å². The van der Waals surface area contributed by atoms with E-state index >= 15 is 0 Å². The van der Waals surface area contributed by atoms with Gasteiger partial charge in [0, 0.05) is 24.1 Å². The van der Waals surface area contributed by atoms with E-state index in [0.717, 1.165) is 25.7 Å². The van der Waals surface area contributed by atoms with E-state index in [4.69, 9.17) is 4.74 Å². The summed E-state index contributed by atoms with van der Waals surface area (Å²) in [5.74, 6) is -0.574. The summed E-state index contributed by atoms with van der Waals surface area (Å²) in [5.41, 5.74) is 0.211. The molecule has 0 unspecified atom stereocenters. The van der Waals surface area contributed by atoms with Gasteiger partial charge in [-0.15, -0.1) is 0 Å². The topological polar surface area (TPSA) is 78.5 Å². The first-order valence-corrected chi connectivity index (χ1v) is 7.17. The van der Waals surface area contributed by atoms with Crippen LogP contribution in [0.25, 0.3) is 0 Å². The molecule has 1 amide bonds. The van der Waals surface area contributed by atoms with Crippen LogP contribution in [0.3, 0.4) is 0 Å². The summed E-state index contributed by atoms with van der Waals surface area (Å²) in [4.78, 5) is 23.1. The van der Waals surface area contributed by atoms with E-state index in [-0.39, 0.29) is 18.7 Å². The van der Waals surface area contributed by atoms with E-state index in [0.29, 0.717) is 11.4 Å². The molecule has 0 spiro atoms. The molecule has 1 aromatic carbocycles. The number of aliphatic carboxylic acids is 1. The third kappa shape index (κ3) is 4.21. The van der Waals surface area contributed by atoms with Crippen molar-refractivity contribution in [3.05, 3.63) is 24.3 Å². The largest absolute Gasteiger partial charge is 0.550 e. The zero-order chi connectivity index (χ0) is 15.3. The number of anilines is 1. The number of hydrogen-bond donors (Lipinski definition) is 1. The van der Waals surface area contributed by atoms with E-state index in [1.807, 2.05) is 0 Å². The molecule has 0 aromatic heterocycles. The molecule has 0 heterocycles. The number of rotatable bonds is 6. The van der Waals surface area contributed by atoms with Crippen molar-refractivity contribution in [2.24, 2.45) is 5.41 Å². The Hall–Kier alpha value is -2.04. The number of methoxy groups -OCH3 is 1. The van der Waals surface area contributed by atoms with Gasteiger partial charge >= 0.3 is 0 Å². The second-order valence-electron chi connectivity index (χ2n) is 5.71. The molecule has 114 valence electrons. The Morgan fingerprint density at radius 3 is 2.62 bits per heavy atom. The lowest BCUT2D eigenvalue weighted by atomic mass is 9.79. The fourth-order valence-corrected chi connectivity index (χ4v) is 3.09. The highest BCUT2D eigenvalue weighted by molar-refractivity contribution is 5.91. The van der Waals surface area contributed by atoms with Crippen LogP contribution in [-0.4, -0.2) is 19.0 Å². The molecule has 5 nitrogen and oxygen atoms in total. The summed E-state index contributed by atoms with van der Waals surface area (Å²) >= 11 is 0. The number of nitrogens with one attached hydrogen (secondary N) is 1. The Labute approximate surface area is 124 Å². The molecule has 1 fully saturated rings. The zero-order valence-corrected chi connectivity index (χ0v) is 12.2. The van der Waals surface area contributed by atoms with Gasteiger partial charge in [-0.05, 0) is 36.8 Å². The molecule has 1 saturated carbocycles. The molecule has 2 rings (SSSR count). The summed E-state index contributed by atoms with van der Waals surface area (Å²) in [6.45, 7) is 0. The van der Waals surface area contributed by atoms with E-state index < -0.39 is 11.4 Å². The van der Waals surface area contributed by atoms with Gasteiger partial charge in [-0.25, -0.2) is 0 Å². The molecular formula is C16H20NO4-. The first kappa shape index (κ1) is 15.4. The predicted molar refractivity (Wildman–Crippen MR) is 76.8 cm³/mol.